The van der Waals surface area contributed by atoms with Crippen molar-refractivity contribution in [3.8, 4) is 6.07 Å². The van der Waals surface area contributed by atoms with Crippen LogP contribution in [0, 0.1) is 22.7 Å². The Labute approximate surface area is 105 Å². The molecular weight excluding hydrogens is 214 g/mol. The Kier molecular flexibility index (Phi) is 7.61. The Morgan fingerprint density at radius 1 is 1.29 bits per heavy atom. The number of hydrogen-bond acceptors (Lipinski definition) is 3. The van der Waals surface area contributed by atoms with Crippen molar-refractivity contribution in [2.75, 3.05) is 6.61 Å². The van der Waals surface area contributed by atoms with Crippen molar-refractivity contribution in [3.05, 3.63) is 0 Å². The van der Waals surface area contributed by atoms with Crippen LogP contribution in [0.1, 0.15) is 59.8 Å². The number of nitriles is 1. The molecule has 0 radical (unpaired) electrons. The average molecular weight is 239 g/mol. The summed E-state index contributed by atoms with van der Waals surface area (Å²) in [4.78, 5) is 11.8. The highest BCUT2D eigenvalue weighted by Crippen LogP contribution is 2.38. The normalized spacial score (nSPS) is 15.7. The van der Waals surface area contributed by atoms with Gasteiger partial charge in [-0.2, -0.15) is 5.26 Å². The molecule has 0 fully saturated rings. The highest BCUT2D eigenvalue weighted by Gasteiger charge is 2.39. The second-order valence-electron chi connectivity index (χ2n) is 4.82. The molecule has 0 aromatic carbocycles. The van der Waals surface area contributed by atoms with E-state index < -0.39 is 5.92 Å². The van der Waals surface area contributed by atoms with Crippen molar-refractivity contribution in [1.82, 2.24) is 0 Å². The molecule has 98 valence electrons. The molecule has 2 unspecified atom stereocenters. The molecule has 0 spiro atoms. The summed E-state index contributed by atoms with van der Waals surface area (Å²) in [7, 11) is 0. The maximum atomic E-state index is 11.8. The molecule has 0 aliphatic carbocycles. The van der Waals surface area contributed by atoms with Gasteiger partial charge in [0.05, 0.1) is 12.7 Å². The van der Waals surface area contributed by atoms with Gasteiger partial charge in [-0.1, -0.05) is 40.0 Å². The van der Waals surface area contributed by atoms with Crippen LogP contribution in [0.25, 0.3) is 0 Å². The van der Waals surface area contributed by atoms with Crippen LogP contribution in [0.15, 0.2) is 0 Å². The lowest BCUT2D eigenvalue weighted by atomic mass is 9.71. The lowest BCUT2D eigenvalue weighted by Crippen LogP contribution is -2.34. The molecule has 0 saturated heterocycles. The topological polar surface area (TPSA) is 50.1 Å². The molecule has 0 aromatic heterocycles. The maximum absolute atomic E-state index is 11.8. The molecule has 0 aliphatic rings. The van der Waals surface area contributed by atoms with E-state index >= 15 is 0 Å². The number of carbonyl (C=O) groups is 1. The van der Waals surface area contributed by atoms with Crippen LogP contribution in [0.3, 0.4) is 0 Å². The first kappa shape index (κ1) is 16.0. The smallest absolute Gasteiger partial charge is 0.323 e. The molecule has 0 bridgehead atoms. The maximum Gasteiger partial charge on any atom is 0.323 e. The third-order valence-corrected chi connectivity index (χ3v) is 3.27. The van der Waals surface area contributed by atoms with Crippen LogP contribution in [-0.4, -0.2) is 12.6 Å². The van der Waals surface area contributed by atoms with E-state index in [9.17, 15) is 10.1 Å². The standard InChI is InChI=1S/C14H25NO2/c1-5-8-10-14(4,9-6-2)12(11-15)13(16)17-7-3/h12H,5-10H2,1-4H3. The first-order valence-electron chi connectivity index (χ1n) is 6.61. The summed E-state index contributed by atoms with van der Waals surface area (Å²) in [5.74, 6) is -0.990. The molecule has 3 heteroatoms. The fraction of sp³-hybridized carbons (Fsp3) is 0.857. The van der Waals surface area contributed by atoms with Crippen molar-refractivity contribution in [2.45, 2.75) is 59.8 Å². The number of esters is 1. The summed E-state index contributed by atoms with van der Waals surface area (Å²) in [6.45, 7) is 8.36. The number of unbranched alkanes of at least 4 members (excludes halogenated alkanes) is 1. The molecule has 0 N–H and O–H groups in total. The second-order valence-corrected chi connectivity index (χ2v) is 4.82. The quantitative estimate of drug-likeness (QED) is 0.607. The van der Waals surface area contributed by atoms with Crippen molar-refractivity contribution in [3.63, 3.8) is 0 Å². The van der Waals surface area contributed by atoms with E-state index in [0.29, 0.717) is 6.61 Å². The first-order chi connectivity index (χ1) is 8.05. The van der Waals surface area contributed by atoms with Gasteiger partial charge in [0, 0.05) is 0 Å². The van der Waals surface area contributed by atoms with Crippen molar-refractivity contribution in [2.24, 2.45) is 11.3 Å². The Morgan fingerprint density at radius 3 is 2.35 bits per heavy atom. The number of rotatable bonds is 8. The van der Waals surface area contributed by atoms with Crippen LogP contribution in [-0.2, 0) is 9.53 Å². The van der Waals surface area contributed by atoms with Gasteiger partial charge in [-0.15, -0.1) is 0 Å². The van der Waals surface area contributed by atoms with Crippen LogP contribution >= 0.6 is 0 Å². The molecule has 0 heterocycles. The molecule has 0 rings (SSSR count). The molecule has 0 aliphatic heterocycles. The van der Waals surface area contributed by atoms with E-state index in [1.54, 1.807) is 6.92 Å². The van der Waals surface area contributed by atoms with E-state index in [0.717, 1.165) is 32.1 Å². The van der Waals surface area contributed by atoms with Crippen LogP contribution in [0.4, 0.5) is 0 Å². The summed E-state index contributed by atoms with van der Waals surface area (Å²) in [5.41, 5.74) is -0.244. The Morgan fingerprint density at radius 2 is 1.94 bits per heavy atom. The molecule has 0 aromatic rings. The third-order valence-electron chi connectivity index (χ3n) is 3.27. The zero-order valence-electron chi connectivity index (χ0n) is 11.6. The van der Waals surface area contributed by atoms with Crippen LogP contribution < -0.4 is 0 Å². The molecule has 0 amide bonds. The summed E-state index contributed by atoms with van der Waals surface area (Å²) < 4.78 is 5.01. The van der Waals surface area contributed by atoms with Gasteiger partial charge in [0.15, 0.2) is 0 Å². The Balaban J connectivity index is 4.85. The van der Waals surface area contributed by atoms with Gasteiger partial charge < -0.3 is 4.74 Å². The third kappa shape index (κ3) is 4.77. The average Bonchev–Trinajstić information content (AvgIpc) is 2.28. The fourth-order valence-corrected chi connectivity index (χ4v) is 2.28. The van der Waals surface area contributed by atoms with Gasteiger partial charge in [-0.25, -0.2) is 0 Å². The monoisotopic (exact) mass is 239 g/mol. The minimum Gasteiger partial charge on any atom is -0.465 e. The van der Waals surface area contributed by atoms with Gasteiger partial charge >= 0.3 is 5.97 Å². The number of nitrogens with zero attached hydrogens (tertiary/aromatic N) is 1. The number of ether oxygens (including phenoxy) is 1. The van der Waals surface area contributed by atoms with Gasteiger partial charge in [0.1, 0.15) is 5.92 Å². The molecule has 3 nitrogen and oxygen atoms in total. The van der Waals surface area contributed by atoms with E-state index in [4.69, 9.17) is 4.74 Å². The fourth-order valence-electron chi connectivity index (χ4n) is 2.28. The van der Waals surface area contributed by atoms with Gasteiger partial charge in [-0.05, 0) is 25.2 Å². The summed E-state index contributed by atoms with van der Waals surface area (Å²) in [5, 5.41) is 9.23. The Hall–Kier alpha value is -1.04. The lowest BCUT2D eigenvalue weighted by Gasteiger charge is -2.32. The van der Waals surface area contributed by atoms with Gasteiger partial charge in [0.2, 0.25) is 0 Å². The number of carbonyl (C=O) groups excluding carboxylic acids is 1. The summed E-state index contributed by atoms with van der Waals surface area (Å²) in [6, 6.07) is 2.15. The van der Waals surface area contributed by atoms with Gasteiger partial charge in [0.25, 0.3) is 0 Å². The summed E-state index contributed by atoms with van der Waals surface area (Å²) >= 11 is 0. The predicted molar refractivity (Wildman–Crippen MR) is 68.3 cm³/mol. The van der Waals surface area contributed by atoms with E-state index in [1.165, 1.54) is 0 Å². The second kappa shape index (κ2) is 8.11. The zero-order valence-corrected chi connectivity index (χ0v) is 11.6. The molecule has 2 atom stereocenters. The molecule has 17 heavy (non-hydrogen) atoms. The highest BCUT2D eigenvalue weighted by molar-refractivity contribution is 5.76. The molecular formula is C14H25NO2. The minimum atomic E-state index is -0.631. The zero-order chi connectivity index (χ0) is 13.3. The van der Waals surface area contributed by atoms with Crippen LogP contribution in [0.2, 0.25) is 0 Å². The first-order valence-corrected chi connectivity index (χ1v) is 6.61. The van der Waals surface area contributed by atoms with Crippen molar-refractivity contribution in [1.29, 1.82) is 5.26 Å². The molecule has 0 saturated carbocycles. The van der Waals surface area contributed by atoms with Gasteiger partial charge in [-0.3, -0.25) is 4.79 Å². The highest BCUT2D eigenvalue weighted by atomic mass is 16.5. The van der Waals surface area contributed by atoms with E-state index in [-0.39, 0.29) is 11.4 Å². The van der Waals surface area contributed by atoms with Crippen molar-refractivity contribution < 1.29 is 9.53 Å². The largest absolute Gasteiger partial charge is 0.465 e. The Bertz CT molecular complexity index is 270. The van der Waals surface area contributed by atoms with E-state index in [1.807, 2.05) is 6.92 Å². The van der Waals surface area contributed by atoms with Crippen molar-refractivity contribution >= 4 is 5.97 Å². The predicted octanol–water partition coefficient (Wildman–Crippen LogP) is 3.69. The van der Waals surface area contributed by atoms with E-state index in [2.05, 4.69) is 19.9 Å². The SMILES string of the molecule is CCCCC(C)(CCC)C(C#N)C(=O)OCC. The number of hydrogen-bond donors (Lipinski definition) is 0. The lowest BCUT2D eigenvalue weighted by molar-refractivity contribution is -0.150. The summed E-state index contributed by atoms with van der Waals surface area (Å²) in [6.07, 6.45) is 4.92. The minimum absolute atomic E-state index is 0.244. The van der Waals surface area contributed by atoms with Crippen LogP contribution in [0.5, 0.6) is 0 Å².